The van der Waals surface area contributed by atoms with E-state index in [4.69, 9.17) is 9.47 Å². The van der Waals surface area contributed by atoms with Crippen LogP contribution < -0.4 is 5.43 Å². The fourth-order valence-corrected chi connectivity index (χ4v) is 1.99. The Morgan fingerprint density at radius 3 is 2.55 bits per heavy atom. The lowest BCUT2D eigenvalue weighted by Crippen LogP contribution is -2.33. The summed E-state index contributed by atoms with van der Waals surface area (Å²) >= 11 is 0. The average molecular weight is 306 g/mol. The van der Waals surface area contributed by atoms with Crippen molar-refractivity contribution in [1.29, 1.82) is 0 Å². The Morgan fingerprint density at radius 2 is 1.95 bits per heavy atom. The number of hydrogen-bond acceptors (Lipinski definition) is 6. The van der Waals surface area contributed by atoms with E-state index in [1.807, 2.05) is 0 Å². The Labute approximate surface area is 128 Å². The van der Waals surface area contributed by atoms with Crippen molar-refractivity contribution < 1.29 is 23.8 Å². The molecule has 118 valence electrons. The summed E-state index contributed by atoms with van der Waals surface area (Å²) in [5.41, 5.74) is 3.60. The molecule has 1 aliphatic heterocycles. The van der Waals surface area contributed by atoms with Crippen LogP contribution >= 0.6 is 0 Å². The van der Waals surface area contributed by atoms with E-state index in [-0.39, 0.29) is 12.3 Å². The lowest BCUT2D eigenvalue weighted by molar-refractivity contribution is -0.159. The van der Waals surface area contributed by atoms with Crippen molar-refractivity contribution in [2.75, 3.05) is 20.3 Å². The zero-order valence-corrected chi connectivity index (χ0v) is 12.5. The third kappa shape index (κ3) is 4.37. The van der Waals surface area contributed by atoms with Crippen LogP contribution in [0.3, 0.4) is 0 Å². The minimum atomic E-state index is -0.873. The smallest absolute Gasteiger partial charge is 0.337 e. The summed E-state index contributed by atoms with van der Waals surface area (Å²) in [5, 5.41) is 3.86. The molecule has 1 heterocycles. The maximum absolute atomic E-state index is 11.7. The lowest BCUT2D eigenvalue weighted by atomic mass is 10.1. The average Bonchev–Trinajstić information content (AvgIpc) is 2.93. The van der Waals surface area contributed by atoms with E-state index < -0.39 is 11.8 Å². The van der Waals surface area contributed by atoms with Crippen LogP contribution in [0.15, 0.2) is 29.4 Å². The van der Waals surface area contributed by atoms with Crippen molar-refractivity contribution in [2.45, 2.75) is 19.1 Å². The topological polar surface area (TPSA) is 86.2 Å². The fourth-order valence-electron chi connectivity index (χ4n) is 1.99. The summed E-state index contributed by atoms with van der Waals surface area (Å²) in [7, 11) is 1.32. The summed E-state index contributed by atoms with van der Waals surface area (Å²) < 4.78 is 15.3. The number of ether oxygens (including phenoxy) is 3. The summed E-state index contributed by atoms with van der Waals surface area (Å²) in [6.07, 6.45) is 1.56. The predicted molar refractivity (Wildman–Crippen MR) is 78.4 cm³/mol. The number of nitrogens with zero attached hydrogens (tertiary/aromatic N) is 1. The molecule has 0 aliphatic carbocycles. The van der Waals surface area contributed by atoms with E-state index >= 15 is 0 Å². The van der Waals surface area contributed by atoms with Crippen LogP contribution in [0.2, 0.25) is 0 Å². The molecule has 0 bridgehead atoms. The van der Waals surface area contributed by atoms with Gasteiger partial charge in [0.15, 0.2) is 5.79 Å². The van der Waals surface area contributed by atoms with E-state index in [1.54, 1.807) is 31.2 Å². The highest BCUT2D eigenvalue weighted by Crippen LogP contribution is 2.22. The molecule has 1 fully saturated rings. The Hall–Kier alpha value is -2.25. The van der Waals surface area contributed by atoms with Gasteiger partial charge in [0.2, 0.25) is 5.91 Å². The number of benzene rings is 1. The number of esters is 1. The Balaban J connectivity index is 1.84. The molecule has 2 rings (SSSR count). The molecule has 1 N–H and O–H groups in total. The normalized spacial score (nSPS) is 16.6. The van der Waals surface area contributed by atoms with Crippen LogP contribution in [0.4, 0.5) is 0 Å². The molecule has 1 aromatic carbocycles. The highest BCUT2D eigenvalue weighted by molar-refractivity contribution is 5.90. The zero-order valence-electron chi connectivity index (χ0n) is 12.5. The van der Waals surface area contributed by atoms with Crippen LogP contribution in [-0.2, 0) is 19.0 Å². The molecular weight excluding hydrogens is 288 g/mol. The molecule has 0 aromatic heterocycles. The van der Waals surface area contributed by atoms with Gasteiger partial charge in [-0.3, -0.25) is 4.79 Å². The number of carbonyl (C=O) groups excluding carboxylic acids is 2. The Bertz CT molecular complexity index is 562. The fraction of sp³-hybridized carbons (Fsp3) is 0.400. The van der Waals surface area contributed by atoms with Crippen molar-refractivity contribution >= 4 is 18.1 Å². The predicted octanol–water partition coefficient (Wildman–Crippen LogP) is 1.08. The third-order valence-corrected chi connectivity index (χ3v) is 3.11. The molecule has 0 saturated carbocycles. The van der Waals surface area contributed by atoms with Gasteiger partial charge in [0.1, 0.15) is 0 Å². The van der Waals surface area contributed by atoms with Gasteiger partial charge in [0, 0.05) is 0 Å². The summed E-state index contributed by atoms with van der Waals surface area (Å²) in [5.74, 6) is -1.57. The van der Waals surface area contributed by atoms with Gasteiger partial charge in [0.05, 0.1) is 38.5 Å². The van der Waals surface area contributed by atoms with Gasteiger partial charge in [-0.25, -0.2) is 10.2 Å². The Kier molecular flexibility index (Phi) is 5.24. The van der Waals surface area contributed by atoms with E-state index in [0.717, 1.165) is 5.56 Å². The van der Waals surface area contributed by atoms with Crippen molar-refractivity contribution in [3.63, 3.8) is 0 Å². The zero-order chi connectivity index (χ0) is 16.0. The number of rotatable bonds is 5. The Morgan fingerprint density at radius 1 is 1.32 bits per heavy atom. The highest BCUT2D eigenvalue weighted by Gasteiger charge is 2.33. The van der Waals surface area contributed by atoms with Gasteiger partial charge in [-0.15, -0.1) is 0 Å². The number of hydrazone groups is 1. The van der Waals surface area contributed by atoms with Crippen LogP contribution in [0.1, 0.15) is 29.3 Å². The number of hydrogen-bond donors (Lipinski definition) is 1. The molecule has 7 nitrogen and oxygen atoms in total. The second kappa shape index (κ2) is 7.15. The van der Waals surface area contributed by atoms with E-state index in [2.05, 4.69) is 15.3 Å². The number of carbonyl (C=O) groups is 2. The molecule has 22 heavy (non-hydrogen) atoms. The van der Waals surface area contributed by atoms with Gasteiger partial charge in [0.25, 0.3) is 0 Å². The standard InChI is InChI=1S/C15H18N2O5/c1-15(21-7-8-22-15)9-13(18)17-16-10-11-3-5-12(6-4-11)14(19)20-2/h3-6,10H,7-9H2,1-2H3,(H,17,18)/b16-10+. The molecule has 1 aromatic rings. The maximum atomic E-state index is 11.7. The molecular formula is C15H18N2O5. The second-order valence-corrected chi connectivity index (χ2v) is 4.91. The first-order chi connectivity index (χ1) is 10.5. The van der Waals surface area contributed by atoms with Crippen molar-refractivity contribution in [2.24, 2.45) is 5.10 Å². The number of amides is 1. The third-order valence-electron chi connectivity index (χ3n) is 3.11. The van der Waals surface area contributed by atoms with E-state index in [0.29, 0.717) is 18.8 Å². The maximum Gasteiger partial charge on any atom is 0.337 e. The van der Waals surface area contributed by atoms with Crippen LogP contribution in [0, 0.1) is 0 Å². The molecule has 0 unspecified atom stereocenters. The summed E-state index contributed by atoms with van der Waals surface area (Å²) in [6, 6.07) is 6.64. The molecule has 1 amide bonds. The van der Waals surface area contributed by atoms with Crippen LogP contribution in [0.5, 0.6) is 0 Å². The van der Waals surface area contributed by atoms with Gasteiger partial charge in [-0.1, -0.05) is 12.1 Å². The largest absolute Gasteiger partial charge is 0.465 e. The second-order valence-electron chi connectivity index (χ2n) is 4.91. The van der Waals surface area contributed by atoms with Gasteiger partial charge < -0.3 is 14.2 Å². The van der Waals surface area contributed by atoms with Gasteiger partial charge in [-0.2, -0.15) is 5.10 Å². The van der Waals surface area contributed by atoms with Crippen molar-refractivity contribution in [3.8, 4) is 0 Å². The minimum absolute atomic E-state index is 0.0750. The molecule has 1 aliphatic rings. The molecule has 7 heteroatoms. The molecule has 0 spiro atoms. The first-order valence-electron chi connectivity index (χ1n) is 6.81. The van der Waals surface area contributed by atoms with Gasteiger partial charge in [-0.05, 0) is 24.6 Å². The summed E-state index contributed by atoms with van der Waals surface area (Å²) in [4.78, 5) is 23.0. The van der Waals surface area contributed by atoms with Crippen LogP contribution in [-0.4, -0.2) is 44.2 Å². The molecule has 0 radical (unpaired) electrons. The van der Waals surface area contributed by atoms with Crippen molar-refractivity contribution in [1.82, 2.24) is 5.43 Å². The van der Waals surface area contributed by atoms with Crippen LogP contribution in [0.25, 0.3) is 0 Å². The molecule has 1 saturated heterocycles. The molecule has 0 atom stereocenters. The SMILES string of the molecule is COC(=O)c1ccc(/C=N/NC(=O)CC2(C)OCCO2)cc1. The first-order valence-corrected chi connectivity index (χ1v) is 6.81. The quantitative estimate of drug-likeness (QED) is 0.500. The minimum Gasteiger partial charge on any atom is -0.465 e. The number of methoxy groups -OCH3 is 1. The van der Waals surface area contributed by atoms with E-state index in [1.165, 1.54) is 13.3 Å². The monoisotopic (exact) mass is 306 g/mol. The highest BCUT2D eigenvalue weighted by atomic mass is 16.7. The summed E-state index contributed by atoms with van der Waals surface area (Å²) in [6.45, 7) is 2.69. The lowest BCUT2D eigenvalue weighted by Gasteiger charge is -2.20. The first kappa shape index (κ1) is 16.1. The van der Waals surface area contributed by atoms with Crippen molar-refractivity contribution in [3.05, 3.63) is 35.4 Å². The van der Waals surface area contributed by atoms with Gasteiger partial charge >= 0.3 is 5.97 Å². The number of nitrogens with one attached hydrogen (secondary N) is 1. The van der Waals surface area contributed by atoms with E-state index in [9.17, 15) is 9.59 Å².